The highest BCUT2D eigenvalue weighted by atomic mass is 32.2. The minimum Gasteiger partial charge on any atom is -0.399 e. The molecule has 0 spiro atoms. The zero-order valence-electron chi connectivity index (χ0n) is 10.2. The first-order chi connectivity index (χ1) is 8.62. The third-order valence-electron chi connectivity index (χ3n) is 2.30. The molecule has 0 saturated heterocycles. The molecule has 0 heterocycles. The van der Waals surface area contributed by atoms with E-state index in [0.717, 1.165) is 0 Å². The summed E-state index contributed by atoms with van der Waals surface area (Å²) in [6, 6.07) is 4.25. The number of sulfone groups is 1. The number of rotatable bonds is 5. The summed E-state index contributed by atoms with van der Waals surface area (Å²) in [5, 5.41) is 0. The molecule has 19 heavy (non-hydrogen) atoms. The predicted octanol–water partition coefficient (Wildman–Crippen LogP) is 1.93. The van der Waals surface area contributed by atoms with Crippen molar-refractivity contribution in [1.29, 1.82) is 0 Å². The fraction of sp³-hybridized carbons (Fsp3) is 0.455. The second-order valence-corrected chi connectivity index (χ2v) is 6.09. The molecule has 2 N–H and O–H groups in total. The van der Waals surface area contributed by atoms with Gasteiger partial charge in [0.15, 0.2) is 9.84 Å². The molecule has 0 unspecified atom stereocenters. The molecule has 0 bridgehead atoms. The Hall–Kier alpha value is -1.28. The first-order valence-corrected chi connectivity index (χ1v) is 7.00. The summed E-state index contributed by atoms with van der Waals surface area (Å²) in [5.41, 5.74) is 6.37. The average Bonchev–Trinajstić information content (AvgIpc) is 2.22. The van der Waals surface area contributed by atoms with Gasteiger partial charge in [-0.25, -0.2) is 8.42 Å². The van der Waals surface area contributed by atoms with Crippen LogP contribution in [0.15, 0.2) is 23.1 Å². The maximum absolute atomic E-state index is 11.9. The Labute approximate surface area is 109 Å². The summed E-state index contributed by atoms with van der Waals surface area (Å²) in [5.74, 6) is -0.506. The Bertz CT molecular complexity index is 541. The third-order valence-corrected chi connectivity index (χ3v) is 4.13. The largest absolute Gasteiger partial charge is 0.411 e. The van der Waals surface area contributed by atoms with Crippen molar-refractivity contribution in [2.24, 2.45) is 0 Å². The summed E-state index contributed by atoms with van der Waals surface area (Å²) >= 11 is 0. The molecule has 4 nitrogen and oxygen atoms in total. The van der Waals surface area contributed by atoms with Crippen LogP contribution in [-0.2, 0) is 14.6 Å². The van der Waals surface area contributed by atoms with E-state index in [2.05, 4.69) is 4.74 Å². The molecule has 0 atom stereocenters. The van der Waals surface area contributed by atoms with E-state index in [4.69, 9.17) is 5.73 Å². The molecule has 108 valence electrons. The number of ether oxygens (including phenoxy) is 1. The second kappa shape index (κ2) is 5.79. The van der Waals surface area contributed by atoms with Gasteiger partial charge in [-0.05, 0) is 30.7 Å². The minimum atomic E-state index is -4.46. The van der Waals surface area contributed by atoms with Crippen molar-refractivity contribution >= 4 is 15.5 Å². The summed E-state index contributed by atoms with van der Waals surface area (Å²) in [7, 11) is -3.67. The van der Waals surface area contributed by atoms with Crippen molar-refractivity contribution in [3.63, 3.8) is 0 Å². The normalized spacial score (nSPS) is 12.6. The smallest absolute Gasteiger partial charge is 0.399 e. The lowest BCUT2D eigenvalue weighted by Gasteiger charge is -2.10. The summed E-state index contributed by atoms with van der Waals surface area (Å²) in [4.78, 5) is 0.0531. The minimum absolute atomic E-state index is 0.0531. The van der Waals surface area contributed by atoms with E-state index in [1.54, 1.807) is 6.92 Å². The zero-order chi connectivity index (χ0) is 14.7. The molecule has 0 radical (unpaired) electrons. The number of hydrogen-bond acceptors (Lipinski definition) is 4. The Morgan fingerprint density at radius 1 is 1.32 bits per heavy atom. The molecule has 8 heteroatoms. The fourth-order valence-electron chi connectivity index (χ4n) is 1.49. The monoisotopic (exact) mass is 297 g/mol. The molecule has 0 saturated carbocycles. The van der Waals surface area contributed by atoms with Gasteiger partial charge in [-0.15, -0.1) is 0 Å². The van der Waals surface area contributed by atoms with Crippen molar-refractivity contribution in [1.82, 2.24) is 0 Å². The van der Waals surface area contributed by atoms with Crippen molar-refractivity contribution < 1.29 is 26.3 Å². The molecule has 1 aromatic rings. The Balaban J connectivity index is 2.66. The van der Waals surface area contributed by atoms with Gasteiger partial charge in [0, 0.05) is 5.69 Å². The number of nitrogens with two attached hydrogens (primary N) is 1. The van der Waals surface area contributed by atoms with Crippen LogP contribution in [0.25, 0.3) is 0 Å². The highest BCUT2D eigenvalue weighted by Gasteiger charge is 2.27. The number of hydrogen-bond donors (Lipinski definition) is 1. The topological polar surface area (TPSA) is 69.4 Å². The highest BCUT2D eigenvalue weighted by Crippen LogP contribution is 2.19. The van der Waals surface area contributed by atoms with E-state index >= 15 is 0 Å². The third kappa shape index (κ3) is 5.07. The van der Waals surface area contributed by atoms with Crippen molar-refractivity contribution in [2.45, 2.75) is 18.0 Å². The van der Waals surface area contributed by atoms with Crippen molar-refractivity contribution in [2.75, 3.05) is 24.7 Å². The lowest BCUT2D eigenvalue weighted by Crippen LogP contribution is -2.21. The van der Waals surface area contributed by atoms with E-state index in [9.17, 15) is 21.6 Å². The molecular weight excluding hydrogens is 283 g/mol. The van der Waals surface area contributed by atoms with Gasteiger partial charge in [0.2, 0.25) is 0 Å². The predicted molar refractivity (Wildman–Crippen MR) is 64.5 cm³/mol. The van der Waals surface area contributed by atoms with Crippen LogP contribution in [0.2, 0.25) is 0 Å². The molecule has 1 aromatic carbocycles. The number of nitrogen functional groups attached to an aromatic ring is 1. The molecule has 0 aliphatic carbocycles. The van der Waals surface area contributed by atoms with Crippen molar-refractivity contribution in [3.05, 3.63) is 23.8 Å². The number of alkyl halides is 3. The van der Waals surface area contributed by atoms with Gasteiger partial charge in [0.25, 0.3) is 0 Å². The van der Waals surface area contributed by atoms with Gasteiger partial charge in [-0.2, -0.15) is 13.2 Å². The van der Waals surface area contributed by atoms with Crippen LogP contribution < -0.4 is 5.73 Å². The first kappa shape index (κ1) is 15.8. The quantitative estimate of drug-likeness (QED) is 0.666. The molecule has 0 aromatic heterocycles. The Morgan fingerprint density at radius 3 is 2.47 bits per heavy atom. The maximum atomic E-state index is 11.9. The number of anilines is 1. The van der Waals surface area contributed by atoms with Crippen LogP contribution in [0.1, 0.15) is 5.56 Å². The van der Waals surface area contributed by atoms with E-state index in [-0.39, 0.29) is 4.90 Å². The molecule has 0 aliphatic rings. The molecule has 0 aliphatic heterocycles. The van der Waals surface area contributed by atoms with Crippen LogP contribution in [0, 0.1) is 6.92 Å². The van der Waals surface area contributed by atoms with Gasteiger partial charge >= 0.3 is 6.18 Å². The van der Waals surface area contributed by atoms with Crippen LogP contribution in [-0.4, -0.2) is 33.6 Å². The highest BCUT2D eigenvalue weighted by molar-refractivity contribution is 7.91. The van der Waals surface area contributed by atoms with E-state index in [1.165, 1.54) is 18.2 Å². The fourth-order valence-corrected chi connectivity index (χ4v) is 2.87. The maximum Gasteiger partial charge on any atom is 0.411 e. The SMILES string of the molecule is Cc1cc(N)ccc1S(=O)(=O)CCOCC(F)(F)F. The van der Waals surface area contributed by atoms with Crippen LogP contribution in [0.3, 0.4) is 0 Å². The van der Waals surface area contributed by atoms with Crippen molar-refractivity contribution in [3.8, 4) is 0 Å². The van der Waals surface area contributed by atoms with E-state index < -0.39 is 35.0 Å². The standard InChI is InChI=1S/C11H14F3NO3S/c1-8-6-9(15)2-3-10(8)19(16,17)5-4-18-7-11(12,13)14/h2-3,6H,4-5,7,15H2,1H3. The first-order valence-electron chi connectivity index (χ1n) is 5.35. The van der Waals surface area contributed by atoms with E-state index in [1.807, 2.05) is 0 Å². The second-order valence-electron chi connectivity index (χ2n) is 4.01. The summed E-state index contributed by atoms with van der Waals surface area (Å²) in [6.45, 7) is -0.394. The lowest BCUT2D eigenvalue weighted by molar-refractivity contribution is -0.172. The Kier molecular flexibility index (Phi) is 4.81. The molecule has 1 rings (SSSR count). The van der Waals surface area contributed by atoms with Gasteiger partial charge in [0.1, 0.15) is 6.61 Å². The van der Waals surface area contributed by atoms with Gasteiger partial charge in [0.05, 0.1) is 17.3 Å². The van der Waals surface area contributed by atoms with Crippen LogP contribution >= 0.6 is 0 Å². The Morgan fingerprint density at radius 2 is 1.95 bits per heavy atom. The van der Waals surface area contributed by atoms with E-state index in [0.29, 0.717) is 11.3 Å². The van der Waals surface area contributed by atoms with Gasteiger partial charge in [-0.1, -0.05) is 0 Å². The number of halogens is 3. The molecular formula is C11H14F3NO3S. The summed E-state index contributed by atoms with van der Waals surface area (Å²) < 4.78 is 63.5. The zero-order valence-corrected chi connectivity index (χ0v) is 11.0. The molecule has 0 amide bonds. The van der Waals surface area contributed by atoms with Crippen LogP contribution in [0.5, 0.6) is 0 Å². The molecule has 0 fully saturated rings. The van der Waals surface area contributed by atoms with Gasteiger partial charge in [-0.3, -0.25) is 0 Å². The van der Waals surface area contributed by atoms with Gasteiger partial charge < -0.3 is 10.5 Å². The summed E-state index contributed by atoms with van der Waals surface area (Å²) in [6.07, 6.45) is -4.46. The average molecular weight is 297 g/mol. The lowest BCUT2D eigenvalue weighted by atomic mass is 10.2. The number of benzene rings is 1. The van der Waals surface area contributed by atoms with Crippen LogP contribution in [0.4, 0.5) is 18.9 Å². The number of aryl methyl sites for hydroxylation is 1.